The van der Waals surface area contributed by atoms with Crippen molar-refractivity contribution in [3.05, 3.63) is 20.4 Å². The second-order valence-electron chi connectivity index (χ2n) is 7.17. The van der Waals surface area contributed by atoms with Crippen molar-refractivity contribution in [3.8, 4) is 0 Å². The first-order chi connectivity index (χ1) is 10.9. The van der Waals surface area contributed by atoms with E-state index in [9.17, 15) is 9.59 Å². The quantitative estimate of drug-likeness (QED) is 0.521. The second-order valence-corrected chi connectivity index (χ2v) is 7.17. The van der Waals surface area contributed by atoms with Crippen molar-refractivity contribution in [2.45, 2.75) is 37.6 Å². The molecule has 1 fully saturated rings. The molecule has 0 heterocycles. The lowest BCUT2D eigenvalue weighted by atomic mass is 9.95. The Balaban J connectivity index is 1.94. The molecule has 0 unspecified atom stereocenters. The number of likely N-dealkylation sites (N-methyl/N-ethyl adjacent to an activating group) is 1. The molecule has 1 aromatic carbocycles. The van der Waals surface area contributed by atoms with Gasteiger partial charge < -0.3 is 20.4 Å². The molecule has 0 amide bonds. The highest BCUT2D eigenvalue weighted by molar-refractivity contribution is 5.74. The Labute approximate surface area is 138 Å². The van der Waals surface area contributed by atoms with Gasteiger partial charge in [-0.1, -0.05) is 12.8 Å². The fourth-order valence-corrected chi connectivity index (χ4v) is 3.41. The van der Waals surface area contributed by atoms with Gasteiger partial charge >= 0.3 is 0 Å². The third kappa shape index (κ3) is 3.93. The molecular formula is C17H30N4O2. The highest BCUT2D eigenvalue weighted by Gasteiger charge is 2.36. The van der Waals surface area contributed by atoms with E-state index >= 15 is 0 Å². The van der Waals surface area contributed by atoms with Crippen LogP contribution in [0.4, 0.5) is 11.4 Å². The summed E-state index contributed by atoms with van der Waals surface area (Å²) in [6.45, 7) is 2.38. The molecule has 0 saturated heterocycles. The van der Waals surface area contributed by atoms with E-state index in [2.05, 4.69) is 34.5 Å². The van der Waals surface area contributed by atoms with E-state index in [1.54, 1.807) is 0 Å². The van der Waals surface area contributed by atoms with E-state index in [-0.39, 0.29) is 16.4 Å². The smallest absolute Gasteiger partial charge is 0.253 e. The number of hydrogen-bond acceptors (Lipinski definition) is 6. The molecule has 6 nitrogen and oxygen atoms in total. The molecule has 0 spiro atoms. The first kappa shape index (κ1) is 17.9. The predicted molar refractivity (Wildman–Crippen MR) is 96.4 cm³/mol. The molecular weight excluding hydrogens is 292 g/mol. The van der Waals surface area contributed by atoms with E-state index in [0.29, 0.717) is 17.9 Å². The van der Waals surface area contributed by atoms with E-state index in [1.807, 2.05) is 14.1 Å². The monoisotopic (exact) mass is 322 g/mol. The van der Waals surface area contributed by atoms with Gasteiger partial charge in [-0.3, -0.25) is 9.59 Å². The molecule has 0 aromatic heterocycles. The van der Waals surface area contributed by atoms with Gasteiger partial charge in [-0.2, -0.15) is 0 Å². The largest absolute Gasteiger partial charge is 0.380 e. The molecule has 0 aliphatic heterocycles. The van der Waals surface area contributed by atoms with Crippen LogP contribution in [0.15, 0.2) is 9.59 Å². The Kier molecular flexibility index (Phi) is 5.81. The predicted octanol–water partition coefficient (Wildman–Crippen LogP) is 0.932. The zero-order chi connectivity index (χ0) is 17.0. The molecule has 130 valence electrons. The Morgan fingerprint density at radius 3 is 2.04 bits per heavy atom. The molecule has 2 N–H and O–H groups in total. The highest BCUT2D eigenvalue weighted by Crippen LogP contribution is 2.34. The fraction of sp³-hybridized carbons (Fsp3) is 0.765. The lowest BCUT2D eigenvalue weighted by Gasteiger charge is -2.37. The van der Waals surface area contributed by atoms with Crippen LogP contribution in [0.25, 0.3) is 0 Å². The maximum atomic E-state index is 11.9. The average molecular weight is 322 g/mol. The molecule has 1 aliphatic rings. The Morgan fingerprint density at radius 2 is 1.52 bits per heavy atom. The average Bonchev–Trinajstić information content (AvgIpc) is 2.98. The van der Waals surface area contributed by atoms with Gasteiger partial charge in [0.25, 0.3) is 10.9 Å². The lowest BCUT2D eigenvalue weighted by molar-refractivity contribution is 0.172. The normalized spacial score (nSPS) is 17.3. The second kappa shape index (κ2) is 7.45. The number of nitrogens with zero attached hydrogens (tertiary/aromatic N) is 2. The molecule has 1 aliphatic carbocycles. The summed E-state index contributed by atoms with van der Waals surface area (Å²) in [5.74, 6) is 0. The minimum atomic E-state index is -0.386. The van der Waals surface area contributed by atoms with Crippen LogP contribution in [0.3, 0.4) is 0 Å². The summed E-state index contributed by atoms with van der Waals surface area (Å²) in [6.07, 6.45) is 5.65. The van der Waals surface area contributed by atoms with Crippen molar-refractivity contribution in [2.75, 3.05) is 58.5 Å². The van der Waals surface area contributed by atoms with Crippen LogP contribution in [-0.2, 0) is 0 Å². The Morgan fingerprint density at radius 1 is 0.957 bits per heavy atom. The van der Waals surface area contributed by atoms with Crippen molar-refractivity contribution in [1.82, 2.24) is 9.80 Å². The zero-order valence-corrected chi connectivity index (χ0v) is 14.9. The first-order valence-corrected chi connectivity index (χ1v) is 8.50. The van der Waals surface area contributed by atoms with E-state index in [1.165, 1.54) is 12.8 Å². The summed E-state index contributed by atoms with van der Waals surface area (Å²) < 4.78 is 0. The van der Waals surface area contributed by atoms with Crippen LogP contribution >= 0.6 is 0 Å². The SMILES string of the molecule is CN(C)CCCNc1c(NCC2(N(C)C)CCCC2)c(=O)c1=O. The minimum Gasteiger partial charge on any atom is -0.380 e. The van der Waals surface area contributed by atoms with Gasteiger partial charge in [0.05, 0.1) is 0 Å². The van der Waals surface area contributed by atoms with E-state index in [4.69, 9.17) is 0 Å². The van der Waals surface area contributed by atoms with Crippen LogP contribution in [0.5, 0.6) is 0 Å². The topological polar surface area (TPSA) is 64.7 Å². The maximum Gasteiger partial charge on any atom is 0.253 e. The van der Waals surface area contributed by atoms with Gasteiger partial charge in [-0.25, -0.2) is 0 Å². The van der Waals surface area contributed by atoms with Crippen LogP contribution in [0, 0.1) is 0 Å². The molecule has 2 rings (SSSR count). The van der Waals surface area contributed by atoms with Crippen LogP contribution in [0.1, 0.15) is 32.1 Å². The minimum absolute atomic E-state index is 0.0992. The summed E-state index contributed by atoms with van der Waals surface area (Å²) in [5.41, 5.74) is 0.283. The third-order valence-electron chi connectivity index (χ3n) is 5.07. The van der Waals surface area contributed by atoms with Gasteiger partial charge in [0.2, 0.25) is 0 Å². The molecule has 23 heavy (non-hydrogen) atoms. The molecule has 6 heteroatoms. The van der Waals surface area contributed by atoms with Crippen molar-refractivity contribution in [3.63, 3.8) is 0 Å². The van der Waals surface area contributed by atoms with Gasteiger partial charge in [-0.05, 0) is 54.0 Å². The summed E-state index contributed by atoms with van der Waals surface area (Å²) >= 11 is 0. The van der Waals surface area contributed by atoms with Gasteiger partial charge in [-0.15, -0.1) is 0 Å². The number of hydrogen-bond donors (Lipinski definition) is 2. The van der Waals surface area contributed by atoms with Crippen molar-refractivity contribution >= 4 is 11.4 Å². The fourth-order valence-electron chi connectivity index (χ4n) is 3.41. The van der Waals surface area contributed by atoms with Crippen molar-refractivity contribution in [1.29, 1.82) is 0 Å². The summed E-state index contributed by atoms with van der Waals surface area (Å²) in [4.78, 5) is 28.0. The Bertz CT molecular complexity index is 582. The summed E-state index contributed by atoms with van der Waals surface area (Å²) in [5, 5.41) is 6.39. The first-order valence-electron chi connectivity index (χ1n) is 8.50. The Hall–Kier alpha value is -1.40. The molecule has 1 aromatic rings. The highest BCUT2D eigenvalue weighted by atomic mass is 16.2. The summed E-state index contributed by atoms with van der Waals surface area (Å²) in [7, 11) is 8.23. The number of nitrogens with one attached hydrogen (secondary N) is 2. The van der Waals surface area contributed by atoms with Crippen LogP contribution in [0.2, 0.25) is 0 Å². The van der Waals surface area contributed by atoms with Crippen LogP contribution in [-0.4, -0.2) is 63.2 Å². The lowest BCUT2D eigenvalue weighted by Crippen LogP contribution is -2.49. The number of anilines is 2. The van der Waals surface area contributed by atoms with Crippen molar-refractivity contribution < 1.29 is 0 Å². The molecule has 0 bridgehead atoms. The van der Waals surface area contributed by atoms with Gasteiger partial charge in [0.1, 0.15) is 11.4 Å². The van der Waals surface area contributed by atoms with E-state index < -0.39 is 0 Å². The van der Waals surface area contributed by atoms with Crippen molar-refractivity contribution in [2.24, 2.45) is 0 Å². The third-order valence-corrected chi connectivity index (χ3v) is 5.07. The zero-order valence-electron chi connectivity index (χ0n) is 14.9. The van der Waals surface area contributed by atoms with Gasteiger partial charge in [0.15, 0.2) is 0 Å². The van der Waals surface area contributed by atoms with E-state index in [0.717, 1.165) is 32.4 Å². The van der Waals surface area contributed by atoms with Crippen LogP contribution < -0.4 is 21.5 Å². The van der Waals surface area contributed by atoms with Gasteiger partial charge in [0, 0.05) is 18.6 Å². The summed E-state index contributed by atoms with van der Waals surface area (Å²) in [6, 6.07) is 0. The molecule has 0 radical (unpaired) electrons. The maximum absolute atomic E-state index is 11.9. The molecule has 1 saturated carbocycles. The standard InChI is InChI=1S/C17H30N4O2/c1-20(2)11-7-10-18-13-14(16(23)15(13)22)19-12-17(21(3)4)8-5-6-9-17/h18-19H,5-12H2,1-4H3. The molecule has 0 atom stereocenters. The number of rotatable bonds is 9.